The molecule has 6 heterocycles. The van der Waals surface area contributed by atoms with Gasteiger partial charge in [-0.05, 0) is 175 Å². The van der Waals surface area contributed by atoms with Crippen molar-refractivity contribution in [2.75, 3.05) is 19.6 Å². The standard InChI is InChI=1S/C90H56B2N4O2/c1-5-25-63(26-6-1)93-73-39-19-15-35-69(73)91-70-36-16-20-40-74(70)94(64-27-7-2-8-28-64)78-54-61(53-77(93)87(78)91)57-45-49-59(50-46-57)83-85-67-33-13-23-43-81(67)98-90(85)84(86-68-34-14-24-44-82(68)97-89(83)86)60-51-47-58(48-52-60)62-55-79-88-80(56-62)96(66-31-11-4-12-32-66)76-42-22-18-38-72(76)92(88)71-37-17-21-41-75(71)95(79)65-29-9-3-10-30-65/h1-56H. The van der Waals surface area contributed by atoms with E-state index in [1.54, 1.807) is 0 Å². The van der Waals surface area contributed by atoms with E-state index in [9.17, 15) is 0 Å². The summed E-state index contributed by atoms with van der Waals surface area (Å²) in [5, 5.41) is 4.10. The van der Waals surface area contributed by atoms with Crippen LogP contribution in [0.2, 0.25) is 0 Å². The molecule has 0 radical (unpaired) electrons. The van der Waals surface area contributed by atoms with Crippen molar-refractivity contribution in [3.63, 3.8) is 0 Å². The van der Waals surface area contributed by atoms with Gasteiger partial charge in [-0.25, -0.2) is 0 Å². The molecule has 21 rings (SSSR count). The van der Waals surface area contributed by atoms with Gasteiger partial charge >= 0.3 is 0 Å². The van der Waals surface area contributed by atoms with Gasteiger partial charge in [0.15, 0.2) is 0 Å². The summed E-state index contributed by atoms with van der Waals surface area (Å²) in [5.74, 6) is 0. The molecule has 17 aromatic rings. The minimum atomic E-state index is 0.0224. The third kappa shape index (κ3) is 8.00. The van der Waals surface area contributed by atoms with Crippen LogP contribution in [-0.4, -0.2) is 13.4 Å². The van der Waals surface area contributed by atoms with Crippen molar-refractivity contribution in [3.8, 4) is 44.5 Å². The van der Waals surface area contributed by atoms with E-state index in [2.05, 4.69) is 359 Å². The van der Waals surface area contributed by atoms with Gasteiger partial charge in [0, 0.05) is 101 Å². The molecule has 0 saturated carbocycles. The second-order valence-electron chi connectivity index (χ2n) is 26.2. The van der Waals surface area contributed by atoms with Crippen LogP contribution in [0.3, 0.4) is 0 Å². The second kappa shape index (κ2) is 21.4. The first-order chi connectivity index (χ1) is 48.7. The van der Waals surface area contributed by atoms with Gasteiger partial charge in [0.2, 0.25) is 0 Å². The van der Waals surface area contributed by atoms with E-state index in [0.717, 1.165) is 111 Å². The molecular formula is C90H56B2N4O2. The highest BCUT2D eigenvalue weighted by Crippen LogP contribution is 2.53. The average molecular weight is 1250 g/mol. The largest absolute Gasteiger partial charge is 0.455 e. The van der Waals surface area contributed by atoms with Crippen LogP contribution in [-0.2, 0) is 0 Å². The molecule has 4 aliphatic heterocycles. The Hall–Kier alpha value is -12.8. The summed E-state index contributed by atoms with van der Waals surface area (Å²) in [6.07, 6.45) is 0. The normalized spacial score (nSPS) is 13.2. The quantitative estimate of drug-likeness (QED) is 0.141. The van der Waals surface area contributed by atoms with Crippen LogP contribution in [0, 0.1) is 0 Å². The lowest BCUT2D eigenvalue weighted by molar-refractivity contribution is 0.665. The molecule has 15 aromatic carbocycles. The highest BCUT2D eigenvalue weighted by atomic mass is 16.3. The molecule has 0 aliphatic carbocycles. The predicted molar refractivity (Wildman–Crippen MR) is 411 cm³/mol. The van der Waals surface area contributed by atoms with Gasteiger partial charge in [-0.1, -0.05) is 231 Å². The first-order valence-corrected chi connectivity index (χ1v) is 33.8. The zero-order valence-electron chi connectivity index (χ0n) is 53.1. The van der Waals surface area contributed by atoms with Crippen molar-refractivity contribution < 1.29 is 8.83 Å². The summed E-state index contributed by atoms with van der Waals surface area (Å²) >= 11 is 0. The van der Waals surface area contributed by atoms with E-state index in [-0.39, 0.29) is 13.4 Å². The zero-order valence-corrected chi connectivity index (χ0v) is 53.1. The Labute approximate surface area is 567 Å². The van der Waals surface area contributed by atoms with Crippen molar-refractivity contribution >= 4 is 158 Å². The Bertz CT molecular complexity index is 5500. The number of hydrogen-bond acceptors (Lipinski definition) is 6. The predicted octanol–water partition coefficient (Wildman–Crippen LogP) is 20.3. The van der Waals surface area contributed by atoms with Gasteiger partial charge in [-0.2, -0.15) is 0 Å². The van der Waals surface area contributed by atoms with Crippen LogP contribution in [0.15, 0.2) is 349 Å². The van der Waals surface area contributed by atoms with Gasteiger partial charge < -0.3 is 28.4 Å². The third-order valence-corrected chi connectivity index (χ3v) is 21.0. The van der Waals surface area contributed by atoms with Crippen molar-refractivity contribution in [3.05, 3.63) is 340 Å². The fourth-order valence-corrected chi connectivity index (χ4v) is 16.9. The summed E-state index contributed by atoms with van der Waals surface area (Å²) in [5.41, 5.74) is 33.4. The topological polar surface area (TPSA) is 39.2 Å². The maximum absolute atomic E-state index is 7.28. The van der Waals surface area contributed by atoms with Crippen molar-refractivity contribution in [2.24, 2.45) is 0 Å². The lowest BCUT2D eigenvalue weighted by Gasteiger charge is -2.44. The van der Waals surface area contributed by atoms with Crippen LogP contribution < -0.4 is 52.4 Å². The summed E-state index contributed by atoms with van der Waals surface area (Å²) in [4.78, 5) is 9.91. The van der Waals surface area contributed by atoms with E-state index in [4.69, 9.17) is 8.83 Å². The minimum Gasteiger partial charge on any atom is -0.455 e. The Morgan fingerprint density at radius 2 is 0.469 bits per heavy atom. The maximum atomic E-state index is 7.28. The molecule has 98 heavy (non-hydrogen) atoms. The van der Waals surface area contributed by atoms with Crippen molar-refractivity contribution in [2.45, 2.75) is 0 Å². The molecule has 8 heteroatoms. The molecular weight excluding hydrogens is 1190 g/mol. The van der Waals surface area contributed by atoms with Crippen LogP contribution in [0.5, 0.6) is 0 Å². The third-order valence-electron chi connectivity index (χ3n) is 21.0. The molecule has 0 N–H and O–H groups in total. The number of rotatable bonds is 8. The number of nitrogens with zero attached hydrogens (tertiary/aromatic N) is 4. The summed E-state index contributed by atoms with van der Waals surface area (Å²) in [7, 11) is 0. The first-order valence-electron chi connectivity index (χ1n) is 33.8. The lowest BCUT2D eigenvalue weighted by atomic mass is 9.33. The van der Waals surface area contributed by atoms with Gasteiger partial charge in [0.05, 0.1) is 0 Å². The van der Waals surface area contributed by atoms with Crippen LogP contribution in [0.25, 0.3) is 88.4 Å². The number of fused-ring (bicyclic) bond motifs is 14. The molecule has 6 nitrogen and oxygen atoms in total. The summed E-state index contributed by atoms with van der Waals surface area (Å²) in [6, 6.07) is 124. The van der Waals surface area contributed by atoms with E-state index in [0.29, 0.717) is 0 Å². The fraction of sp³-hybridized carbons (Fsp3) is 0. The fourth-order valence-electron chi connectivity index (χ4n) is 16.9. The van der Waals surface area contributed by atoms with Gasteiger partial charge in [0.25, 0.3) is 13.4 Å². The minimum absolute atomic E-state index is 0.0224. The number of para-hydroxylation sites is 10. The number of furan rings is 2. The first kappa shape index (κ1) is 54.6. The Balaban J connectivity index is 0.740. The molecule has 0 unspecified atom stereocenters. The zero-order chi connectivity index (χ0) is 64.1. The van der Waals surface area contributed by atoms with E-state index in [1.807, 2.05) is 0 Å². The number of benzene rings is 15. The Kier molecular flexibility index (Phi) is 11.9. The monoisotopic (exact) mass is 1250 g/mol. The van der Waals surface area contributed by atoms with Gasteiger partial charge in [-0.3, -0.25) is 0 Å². The van der Waals surface area contributed by atoms with Crippen molar-refractivity contribution in [1.29, 1.82) is 0 Å². The Morgan fingerprint density at radius 1 is 0.214 bits per heavy atom. The molecule has 0 spiro atoms. The summed E-state index contributed by atoms with van der Waals surface area (Å²) < 4.78 is 14.6. The maximum Gasteiger partial charge on any atom is 0.252 e. The average Bonchev–Trinajstić information content (AvgIpc) is 0.863. The van der Waals surface area contributed by atoms with Gasteiger partial charge in [0.1, 0.15) is 22.3 Å². The molecule has 4 aliphatic rings. The summed E-state index contributed by atoms with van der Waals surface area (Å²) in [6.45, 7) is 0.0448. The Morgan fingerprint density at radius 3 is 0.776 bits per heavy atom. The van der Waals surface area contributed by atoms with Crippen LogP contribution >= 0.6 is 0 Å². The molecule has 0 bridgehead atoms. The molecule has 0 atom stereocenters. The van der Waals surface area contributed by atoms with Crippen molar-refractivity contribution in [1.82, 2.24) is 0 Å². The molecule has 0 amide bonds. The van der Waals surface area contributed by atoms with Crippen LogP contribution in [0.4, 0.5) is 68.2 Å². The lowest BCUT2D eigenvalue weighted by Crippen LogP contribution is -2.61. The van der Waals surface area contributed by atoms with Gasteiger partial charge in [-0.15, -0.1) is 0 Å². The highest BCUT2D eigenvalue weighted by molar-refractivity contribution is 7.01. The number of hydrogen-bond donors (Lipinski definition) is 0. The molecule has 454 valence electrons. The molecule has 0 fully saturated rings. The smallest absolute Gasteiger partial charge is 0.252 e. The SMILES string of the molecule is c1ccc(N2c3ccccc3B3c4ccccc4N(c4ccccc4)c4cc(-c5ccc(-c6c7oc8ccccc8c7c(-c7ccc(-c8cc9c%10c(c8)N(c8ccccc8)c8ccccc8B%10c8ccccc8N9c8ccccc8)cc7)c7oc8ccccc8c67)cc5)cc2c43)cc1. The van der Waals surface area contributed by atoms with E-state index < -0.39 is 0 Å². The molecule has 0 saturated heterocycles. The van der Waals surface area contributed by atoms with E-state index in [1.165, 1.54) is 78.3 Å². The highest BCUT2D eigenvalue weighted by Gasteiger charge is 2.45. The van der Waals surface area contributed by atoms with E-state index >= 15 is 0 Å². The van der Waals surface area contributed by atoms with Crippen LogP contribution in [0.1, 0.15) is 0 Å². The second-order valence-corrected chi connectivity index (χ2v) is 26.2. The molecule has 2 aromatic heterocycles. The number of anilines is 12.